The fourth-order valence-corrected chi connectivity index (χ4v) is 0.826. The first-order valence-electron chi connectivity index (χ1n) is 1.70. The highest BCUT2D eigenvalue weighted by atomic mass is 127. The zero-order valence-corrected chi connectivity index (χ0v) is 4.97. The van der Waals surface area contributed by atoms with Crippen molar-refractivity contribution in [1.82, 2.24) is 0 Å². The van der Waals surface area contributed by atoms with E-state index >= 15 is 0 Å². The first kappa shape index (κ1) is 3.65. The van der Waals surface area contributed by atoms with Gasteiger partial charge in [-0.1, -0.05) is 34.7 Å². The second-order valence-corrected chi connectivity index (χ2v) is 2.78. The van der Waals surface area contributed by atoms with Crippen molar-refractivity contribution in [3.63, 3.8) is 0 Å². The molecule has 1 atom stereocenters. The first-order valence-corrected chi connectivity index (χ1v) is 2.95. The quantitative estimate of drug-likeness (QED) is 0.302. The molecule has 0 saturated heterocycles. The lowest BCUT2D eigenvalue weighted by molar-refractivity contribution is 1.02. The van der Waals surface area contributed by atoms with Gasteiger partial charge in [-0.25, -0.2) is 0 Å². The van der Waals surface area contributed by atoms with E-state index in [2.05, 4.69) is 34.7 Å². The molecule has 0 N–H and O–H groups in total. The van der Waals surface area contributed by atoms with Crippen LogP contribution in [0.1, 0.15) is 6.42 Å². The van der Waals surface area contributed by atoms with Gasteiger partial charge in [-0.3, -0.25) is 0 Å². The van der Waals surface area contributed by atoms with Crippen LogP contribution in [0.5, 0.6) is 0 Å². The van der Waals surface area contributed by atoms with Crippen molar-refractivity contribution in [3.8, 4) is 0 Å². The Bertz CT molecular complexity index is 56.7. The summed E-state index contributed by atoms with van der Waals surface area (Å²) in [5, 5.41) is 0. The Morgan fingerprint density at radius 2 is 2.20 bits per heavy atom. The SMILES string of the molecule is IC1C=CC1. The zero-order valence-electron chi connectivity index (χ0n) is 2.82. The van der Waals surface area contributed by atoms with Crippen molar-refractivity contribution in [2.24, 2.45) is 0 Å². The van der Waals surface area contributed by atoms with Gasteiger partial charge < -0.3 is 0 Å². The molecule has 1 heteroatoms. The molecule has 0 spiro atoms. The molecule has 0 aromatic heterocycles. The lowest BCUT2D eigenvalue weighted by Gasteiger charge is -2.05. The number of rotatable bonds is 0. The smallest absolute Gasteiger partial charge is 0.0323 e. The summed E-state index contributed by atoms with van der Waals surface area (Å²) in [5.74, 6) is 0. The topological polar surface area (TPSA) is 0 Å². The molecule has 1 aliphatic rings. The normalized spacial score (nSPS) is 33.4. The van der Waals surface area contributed by atoms with E-state index in [0.717, 1.165) is 3.92 Å². The summed E-state index contributed by atoms with van der Waals surface area (Å²) in [5.41, 5.74) is 0. The van der Waals surface area contributed by atoms with Crippen LogP contribution in [-0.2, 0) is 0 Å². The molecule has 28 valence electrons. The fourth-order valence-electron chi connectivity index (χ4n) is 0.239. The third kappa shape index (κ3) is 0.651. The summed E-state index contributed by atoms with van der Waals surface area (Å²) >= 11 is 2.41. The number of alkyl halides is 1. The van der Waals surface area contributed by atoms with Crippen LogP contribution in [0.4, 0.5) is 0 Å². The van der Waals surface area contributed by atoms with Gasteiger partial charge in [-0.2, -0.15) is 0 Å². The predicted octanol–water partition coefficient (Wildman–Crippen LogP) is 1.75. The molecule has 0 amide bonds. The van der Waals surface area contributed by atoms with Gasteiger partial charge >= 0.3 is 0 Å². The minimum atomic E-state index is 0.854. The van der Waals surface area contributed by atoms with Crippen molar-refractivity contribution in [3.05, 3.63) is 12.2 Å². The molecule has 1 rings (SSSR count). The summed E-state index contributed by atoms with van der Waals surface area (Å²) in [6.07, 6.45) is 5.69. The Morgan fingerprint density at radius 3 is 2.20 bits per heavy atom. The van der Waals surface area contributed by atoms with Crippen molar-refractivity contribution in [1.29, 1.82) is 0 Å². The maximum atomic E-state index is 2.41. The van der Waals surface area contributed by atoms with Gasteiger partial charge in [0.15, 0.2) is 0 Å². The van der Waals surface area contributed by atoms with E-state index in [0.29, 0.717) is 0 Å². The Morgan fingerprint density at radius 1 is 1.80 bits per heavy atom. The third-order valence-electron chi connectivity index (χ3n) is 0.706. The van der Waals surface area contributed by atoms with E-state index in [-0.39, 0.29) is 0 Å². The molecule has 0 aliphatic heterocycles. The summed E-state index contributed by atoms with van der Waals surface area (Å²) in [6, 6.07) is 0. The second kappa shape index (κ2) is 1.29. The lowest BCUT2D eigenvalue weighted by Crippen LogP contribution is -1.96. The molecule has 0 nitrogen and oxygen atoms in total. The molecular weight excluding hydrogens is 175 g/mol. The highest BCUT2D eigenvalue weighted by molar-refractivity contribution is 14.1. The number of hydrogen-bond donors (Lipinski definition) is 0. The van der Waals surface area contributed by atoms with Crippen LogP contribution in [0, 0.1) is 0 Å². The molecule has 0 heterocycles. The monoisotopic (exact) mass is 180 g/mol. The number of halogens is 1. The molecular formula is C4H5I. The van der Waals surface area contributed by atoms with E-state index < -0.39 is 0 Å². The van der Waals surface area contributed by atoms with E-state index in [1.807, 2.05) is 0 Å². The number of allylic oxidation sites excluding steroid dienone is 2. The summed E-state index contributed by atoms with van der Waals surface area (Å²) in [4.78, 5) is 0. The third-order valence-corrected chi connectivity index (χ3v) is 1.63. The van der Waals surface area contributed by atoms with Crippen LogP contribution < -0.4 is 0 Å². The molecule has 0 radical (unpaired) electrons. The van der Waals surface area contributed by atoms with Gasteiger partial charge in [0.1, 0.15) is 0 Å². The highest BCUT2D eigenvalue weighted by Crippen LogP contribution is 2.16. The summed E-state index contributed by atoms with van der Waals surface area (Å²) in [6.45, 7) is 0. The zero-order chi connectivity index (χ0) is 3.70. The first-order chi connectivity index (χ1) is 2.39. The second-order valence-electron chi connectivity index (χ2n) is 1.18. The fraction of sp³-hybridized carbons (Fsp3) is 0.500. The molecule has 1 aliphatic carbocycles. The largest absolute Gasteiger partial charge is 0.0861 e. The Balaban J connectivity index is 2.39. The maximum absolute atomic E-state index is 2.41. The van der Waals surface area contributed by atoms with Crippen molar-refractivity contribution in [2.75, 3.05) is 0 Å². The van der Waals surface area contributed by atoms with Gasteiger partial charge in [0.25, 0.3) is 0 Å². The molecule has 1 unspecified atom stereocenters. The summed E-state index contributed by atoms with van der Waals surface area (Å²) < 4.78 is 0.854. The van der Waals surface area contributed by atoms with Gasteiger partial charge in [-0.15, -0.1) is 0 Å². The van der Waals surface area contributed by atoms with Gasteiger partial charge in [0, 0.05) is 3.92 Å². The van der Waals surface area contributed by atoms with Gasteiger partial charge in [0.05, 0.1) is 0 Å². The minimum Gasteiger partial charge on any atom is -0.0861 e. The predicted molar refractivity (Wildman–Crippen MR) is 31.6 cm³/mol. The van der Waals surface area contributed by atoms with Crippen molar-refractivity contribution >= 4 is 22.6 Å². The Kier molecular flexibility index (Phi) is 0.939. The molecule has 0 bridgehead atoms. The molecule has 0 saturated carbocycles. The van der Waals surface area contributed by atoms with Crippen LogP contribution in [0.3, 0.4) is 0 Å². The molecule has 5 heavy (non-hydrogen) atoms. The average molecular weight is 180 g/mol. The standard InChI is InChI=1S/C4H5I/c5-4-2-1-3-4/h1-2,4H,3H2. The molecule has 0 aromatic carbocycles. The molecule has 0 aromatic rings. The van der Waals surface area contributed by atoms with Crippen LogP contribution in [-0.4, -0.2) is 3.92 Å². The van der Waals surface area contributed by atoms with Crippen LogP contribution in [0.25, 0.3) is 0 Å². The van der Waals surface area contributed by atoms with Crippen LogP contribution in [0.2, 0.25) is 0 Å². The summed E-state index contributed by atoms with van der Waals surface area (Å²) in [7, 11) is 0. The highest BCUT2D eigenvalue weighted by Gasteiger charge is 2.00. The van der Waals surface area contributed by atoms with Crippen LogP contribution >= 0.6 is 22.6 Å². The van der Waals surface area contributed by atoms with Gasteiger partial charge in [-0.05, 0) is 6.42 Å². The van der Waals surface area contributed by atoms with E-state index in [9.17, 15) is 0 Å². The maximum Gasteiger partial charge on any atom is 0.0323 e. The Labute approximate surface area is 45.4 Å². The average Bonchev–Trinajstić information content (AvgIpc) is 1.30. The Hall–Kier alpha value is 0.470. The van der Waals surface area contributed by atoms with Crippen molar-refractivity contribution < 1.29 is 0 Å². The van der Waals surface area contributed by atoms with E-state index in [1.54, 1.807) is 0 Å². The molecule has 0 fully saturated rings. The van der Waals surface area contributed by atoms with Crippen molar-refractivity contribution in [2.45, 2.75) is 10.3 Å². The van der Waals surface area contributed by atoms with Gasteiger partial charge in [0.2, 0.25) is 0 Å². The van der Waals surface area contributed by atoms with E-state index in [1.165, 1.54) is 6.42 Å². The lowest BCUT2D eigenvalue weighted by atomic mass is 10.1. The minimum absolute atomic E-state index is 0.854. The van der Waals surface area contributed by atoms with Crippen LogP contribution in [0.15, 0.2) is 12.2 Å². The number of hydrogen-bond acceptors (Lipinski definition) is 0. The van der Waals surface area contributed by atoms with E-state index in [4.69, 9.17) is 0 Å².